The number of amides is 1. The third-order valence-electron chi connectivity index (χ3n) is 3.15. The van der Waals surface area contributed by atoms with Gasteiger partial charge in [-0.3, -0.25) is 4.79 Å². The van der Waals surface area contributed by atoms with E-state index in [1.807, 2.05) is 37.7 Å². The van der Waals surface area contributed by atoms with E-state index in [2.05, 4.69) is 26.6 Å². The largest absolute Gasteiger partial charge is 0.326 e. The first-order valence-electron chi connectivity index (χ1n) is 6.44. The highest BCUT2D eigenvalue weighted by molar-refractivity contribution is 9.10. The van der Waals surface area contributed by atoms with E-state index in [0.717, 1.165) is 39.3 Å². The summed E-state index contributed by atoms with van der Waals surface area (Å²) in [6.07, 6.45) is 0.543. The molecular weight excluding hydrogens is 324 g/mol. The molecule has 0 bridgehead atoms. The molecule has 0 aliphatic carbocycles. The molecule has 2 rings (SSSR count). The highest BCUT2D eigenvalue weighted by atomic mass is 79.9. The summed E-state index contributed by atoms with van der Waals surface area (Å²) >= 11 is 5.44. The van der Waals surface area contributed by atoms with Gasteiger partial charge in [0.2, 0.25) is 5.91 Å². The summed E-state index contributed by atoms with van der Waals surface area (Å²) in [6, 6.07) is 4.30. The average molecular weight is 343 g/mol. The lowest BCUT2D eigenvalue weighted by molar-refractivity contribution is -0.116. The first-order valence-corrected chi connectivity index (χ1v) is 8.39. The number of halogens is 1. The van der Waals surface area contributed by atoms with Crippen LogP contribution >= 0.6 is 27.7 Å². The van der Waals surface area contributed by atoms with Crippen LogP contribution in [0.5, 0.6) is 0 Å². The molecule has 1 aliphatic rings. The molecule has 1 fully saturated rings. The molecule has 0 radical (unpaired) electrons. The molecule has 1 aromatic rings. The molecule has 5 heteroatoms. The van der Waals surface area contributed by atoms with Gasteiger partial charge in [0.1, 0.15) is 0 Å². The molecule has 1 heterocycles. The predicted molar refractivity (Wildman–Crippen MR) is 86.0 cm³/mol. The molecule has 104 valence electrons. The smallest absolute Gasteiger partial charge is 0.225 e. The van der Waals surface area contributed by atoms with Crippen LogP contribution in [0.4, 0.5) is 5.69 Å². The van der Waals surface area contributed by atoms with Crippen LogP contribution in [0.25, 0.3) is 0 Å². The van der Waals surface area contributed by atoms with Crippen molar-refractivity contribution in [2.75, 3.05) is 23.4 Å². The van der Waals surface area contributed by atoms with Gasteiger partial charge in [0.25, 0.3) is 0 Å². The van der Waals surface area contributed by atoms with Crippen LogP contribution in [0, 0.1) is 13.8 Å². The quantitative estimate of drug-likeness (QED) is 0.886. The molecule has 1 aromatic carbocycles. The Morgan fingerprint density at radius 2 is 2.16 bits per heavy atom. The SMILES string of the molecule is Cc1cc(NC(=O)CC2CSCCN2)cc(C)c1Br. The number of anilines is 1. The molecule has 2 N–H and O–H groups in total. The molecule has 1 amide bonds. The van der Waals surface area contributed by atoms with Gasteiger partial charge in [0.05, 0.1) is 0 Å². The van der Waals surface area contributed by atoms with Crippen molar-refractivity contribution in [3.63, 3.8) is 0 Å². The van der Waals surface area contributed by atoms with E-state index in [4.69, 9.17) is 0 Å². The van der Waals surface area contributed by atoms with E-state index in [1.165, 1.54) is 0 Å². The van der Waals surface area contributed by atoms with Crippen molar-refractivity contribution in [1.29, 1.82) is 0 Å². The minimum absolute atomic E-state index is 0.0844. The maximum Gasteiger partial charge on any atom is 0.225 e. The van der Waals surface area contributed by atoms with Gasteiger partial charge in [-0.05, 0) is 37.1 Å². The Morgan fingerprint density at radius 1 is 1.47 bits per heavy atom. The van der Waals surface area contributed by atoms with Crippen LogP contribution < -0.4 is 10.6 Å². The summed E-state index contributed by atoms with van der Waals surface area (Å²) in [5.74, 6) is 2.25. The molecule has 3 nitrogen and oxygen atoms in total. The van der Waals surface area contributed by atoms with Gasteiger partial charge >= 0.3 is 0 Å². The fraction of sp³-hybridized carbons (Fsp3) is 0.500. The number of carbonyl (C=O) groups excluding carboxylic acids is 1. The van der Waals surface area contributed by atoms with Crippen molar-refractivity contribution in [2.45, 2.75) is 26.3 Å². The van der Waals surface area contributed by atoms with E-state index in [1.54, 1.807) is 0 Å². The van der Waals surface area contributed by atoms with Gasteiger partial charge < -0.3 is 10.6 Å². The van der Waals surface area contributed by atoms with Crippen LogP contribution in [-0.2, 0) is 4.79 Å². The van der Waals surface area contributed by atoms with Crippen LogP contribution in [-0.4, -0.2) is 30.0 Å². The zero-order chi connectivity index (χ0) is 13.8. The second-order valence-electron chi connectivity index (χ2n) is 4.90. The standard InChI is InChI=1S/C14H19BrN2OS/c1-9-5-11(6-10(2)14(9)15)17-13(18)7-12-8-19-4-3-16-12/h5-6,12,16H,3-4,7-8H2,1-2H3,(H,17,18). The van der Waals surface area contributed by atoms with Crippen molar-refractivity contribution in [2.24, 2.45) is 0 Å². The normalized spacial score (nSPS) is 19.2. The molecular formula is C14H19BrN2OS. The maximum absolute atomic E-state index is 12.0. The molecule has 1 unspecified atom stereocenters. The van der Waals surface area contributed by atoms with Crippen molar-refractivity contribution in [1.82, 2.24) is 5.32 Å². The number of thioether (sulfide) groups is 1. The van der Waals surface area contributed by atoms with Gasteiger partial charge in [-0.1, -0.05) is 15.9 Å². The monoisotopic (exact) mass is 342 g/mol. The Bertz CT molecular complexity index is 450. The summed E-state index contributed by atoms with van der Waals surface area (Å²) in [7, 11) is 0. The highest BCUT2D eigenvalue weighted by Crippen LogP contribution is 2.25. The minimum Gasteiger partial charge on any atom is -0.326 e. The lowest BCUT2D eigenvalue weighted by atomic mass is 10.1. The number of nitrogens with one attached hydrogen (secondary N) is 2. The second-order valence-corrected chi connectivity index (χ2v) is 6.85. The van der Waals surface area contributed by atoms with Gasteiger partial charge in [0.15, 0.2) is 0 Å². The molecule has 0 saturated carbocycles. The summed E-state index contributed by atoms with van der Waals surface area (Å²) in [5, 5.41) is 6.37. The zero-order valence-corrected chi connectivity index (χ0v) is 13.7. The maximum atomic E-state index is 12.0. The van der Waals surface area contributed by atoms with Gasteiger partial charge in [-0.25, -0.2) is 0 Å². The summed E-state index contributed by atoms with van der Waals surface area (Å²) in [4.78, 5) is 12.0. The minimum atomic E-state index is 0.0844. The van der Waals surface area contributed by atoms with Crippen molar-refractivity contribution in [3.05, 3.63) is 27.7 Å². The fourth-order valence-corrected chi connectivity index (χ4v) is 3.38. The predicted octanol–water partition coefficient (Wildman–Crippen LogP) is 3.10. The summed E-state index contributed by atoms with van der Waals surface area (Å²) < 4.78 is 1.11. The van der Waals surface area contributed by atoms with E-state index in [9.17, 15) is 4.79 Å². The molecule has 19 heavy (non-hydrogen) atoms. The van der Waals surface area contributed by atoms with Crippen LogP contribution in [0.15, 0.2) is 16.6 Å². The Labute approximate surface area is 127 Å². The van der Waals surface area contributed by atoms with Crippen LogP contribution in [0.3, 0.4) is 0 Å². The Kier molecular flexibility index (Phi) is 5.30. The van der Waals surface area contributed by atoms with Gasteiger partial charge in [0, 0.05) is 40.7 Å². The molecule has 1 saturated heterocycles. The van der Waals surface area contributed by atoms with Crippen LogP contribution in [0.1, 0.15) is 17.5 Å². The highest BCUT2D eigenvalue weighted by Gasteiger charge is 2.16. The number of aryl methyl sites for hydroxylation is 2. The summed E-state index contributed by atoms with van der Waals surface area (Å²) in [6.45, 7) is 5.07. The van der Waals surface area contributed by atoms with Crippen LogP contribution in [0.2, 0.25) is 0 Å². The molecule has 0 aromatic heterocycles. The summed E-state index contributed by atoms with van der Waals surface area (Å²) in [5.41, 5.74) is 3.16. The lowest BCUT2D eigenvalue weighted by Gasteiger charge is -2.22. The fourth-order valence-electron chi connectivity index (χ4n) is 2.20. The van der Waals surface area contributed by atoms with Crippen molar-refractivity contribution in [3.8, 4) is 0 Å². The number of rotatable bonds is 3. The van der Waals surface area contributed by atoms with E-state index < -0.39 is 0 Å². The van der Waals surface area contributed by atoms with Crippen molar-refractivity contribution < 1.29 is 4.79 Å². The third-order valence-corrected chi connectivity index (χ3v) is 5.53. The number of carbonyl (C=O) groups is 1. The number of benzene rings is 1. The molecule has 1 aliphatic heterocycles. The molecule has 1 atom stereocenters. The lowest BCUT2D eigenvalue weighted by Crippen LogP contribution is -2.39. The van der Waals surface area contributed by atoms with Gasteiger partial charge in [-0.15, -0.1) is 0 Å². The zero-order valence-electron chi connectivity index (χ0n) is 11.3. The van der Waals surface area contributed by atoms with Gasteiger partial charge in [-0.2, -0.15) is 11.8 Å². The number of hydrogen-bond acceptors (Lipinski definition) is 3. The average Bonchev–Trinajstić information content (AvgIpc) is 2.37. The third kappa shape index (κ3) is 4.23. The second kappa shape index (κ2) is 6.77. The first kappa shape index (κ1) is 14.9. The van der Waals surface area contributed by atoms with E-state index >= 15 is 0 Å². The van der Waals surface area contributed by atoms with Crippen molar-refractivity contribution >= 4 is 39.3 Å². The Hall–Kier alpha value is -0.520. The topological polar surface area (TPSA) is 41.1 Å². The Balaban J connectivity index is 1.94. The van der Waals surface area contributed by atoms with E-state index in [0.29, 0.717) is 12.5 Å². The first-order chi connectivity index (χ1) is 9.06. The van der Waals surface area contributed by atoms with E-state index in [-0.39, 0.29) is 5.91 Å². The number of hydrogen-bond donors (Lipinski definition) is 2. The Morgan fingerprint density at radius 3 is 2.74 bits per heavy atom. The molecule has 0 spiro atoms.